The monoisotopic (exact) mass is 376 g/mol. The van der Waals surface area contributed by atoms with Crippen LogP contribution in [0, 0.1) is 12.9 Å². The van der Waals surface area contributed by atoms with Crippen molar-refractivity contribution in [1.82, 2.24) is 19.2 Å². The standard InChI is InChI=1S/C19H25FN4O3/c1-14-5-4-6-15-21-16(17(20)24(14)15)18(25)23-9-10-27-13-19(26,12-23)11-22-7-2-3-8-22/h4-6,26H,2-3,7-13H2,1H3/t19-/m1/s1. The lowest BCUT2D eigenvalue weighted by molar-refractivity contribution is -0.0525. The van der Waals surface area contributed by atoms with Gasteiger partial charge in [0.1, 0.15) is 11.2 Å². The highest BCUT2D eigenvalue weighted by Gasteiger charge is 2.38. The van der Waals surface area contributed by atoms with Gasteiger partial charge in [0, 0.05) is 18.8 Å². The SMILES string of the molecule is Cc1cccc2nc(C(=O)N3CCOC[C@@](O)(CN4CCCC4)C3)c(F)n12. The maximum absolute atomic E-state index is 14.9. The molecule has 0 spiro atoms. The summed E-state index contributed by atoms with van der Waals surface area (Å²) in [5, 5.41) is 11.1. The van der Waals surface area contributed by atoms with Crippen LogP contribution in [0.15, 0.2) is 18.2 Å². The number of ether oxygens (including phenoxy) is 1. The second kappa shape index (κ2) is 7.18. The highest BCUT2D eigenvalue weighted by Crippen LogP contribution is 2.21. The third kappa shape index (κ3) is 3.56. The van der Waals surface area contributed by atoms with E-state index < -0.39 is 17.5 Å². The summed E-state index contributed by atoms with van der Waals surface area (Å²) in [7, 11) is 0. The summed E-state index contributed by atoms with van der Waals surface area (Å²) in [5.74, 6) is -1.18. The van der Waals surface area contributed by atoms with Gasteiger partial charge < -0.3 is 19.6 Å². The van der Waals surface area contributed by atoms with Gasteiger partial charge in [-0.15, -0.1) is 0 Å². The molecule has 0 bridgehead atoms. The highest BCUT2D eigenvalue weighted by molar-refractivity contribution is 5.93. The number of pyridine rings is 1. The van der Waals surface area contributed by atoms with E-state index in [0.717, 1.165) is 25.9 Å². The first-order valence-corrected chi connectivity index (χ1v) is 9.42. The Hall–Kier alpha value is -2.03. The summed E-state index contributed by atoms with van der Waals surface area (Å²) in [6.45, 7) is 4.97. The molecule has 2 aromatic rings. The molecule has 4 rings (SSSR count). The predicted molar refractivity (Wildman–Crippen MR) is 97.2 cm³/mol. The lowest BCUT2D eigenvalue weighted by Gasteiger charge is -2.33. The minimum Gasteiger partial charge on any atom is -0.384 e. The van der Waals surface area contributed by atoms with Crippen LogP contribution in [0.1, 0.15) is 29.0 Å². The third-order valence-corrected chi connectivity index (χ3v) is 5.35. The molecule has 8 heteroatoms. The average molecular weight is 376 g/mol. The van der Waals surface area contributed by atoms with Gasteiger partial charge in [0.15, 0.2) is 5.69 Å². The molecule has 2 aromatic heterocycles. The molecule has 7 nitrogen and oxygen atoms in total. The average Bonchev–Trinajstić information content (AvgIpc) is 3.20. The van der Waals surface area contributed by atoms with E-state index in [0.29, 0.717) is 31.0 Å². The summed E-state index contributed by atoms with van der Waals surface area (Å²) in [4.78, 5) is 20.9. The van der Waals surface area contributed by atoms with Gasteiger partial charge in [0.2, 0.25) is 5.95 Å². The van der Waals surface area contributed by atoms with Crippen LogP contribution in [0.2, 0.25) is 0 Å². The van der Waals surface area contributed by atoms with E-state index in [4.69, 9.17) is 4.74 Å². The van der Waals surface area contributed by atoms with Crippen molar-refractivity contribution in [3.8, 4) is 0 Å². The number of hydrogen-bond donors (Lipinski definition) is 1. The summed E-state index contributed by atoms with van der Waals surface area (Å²) in [5.41, 5.74) is -0.313. The van der Waals surface area contributed by atoms with E-state index in [9.17, 15) is 14.3 Å². The Balaban J connectivity index is 1.58. The third-order valence-electron chi connectivity index (χ3n) is 5.35. The minimum absolute atomic E-state index is 0.106. The number of imidazole rings is 1. The normalized spacial score (nSPS) is 24.5. The van der Waals surface area contributed by atoms with Gasteiger partial charge in [0.05, 0.1) is 19.8 Å². The van der Waals surface area contributed by atoms with Crippen LogP contribution in [-0.4, -0.2) is 81.7 Å². The first kappa shape index (κ1) is 18.3. The van der Waals surface area contributed by atoms with Crippen molar-refractivity contribution in [3.05, 3.63) is 35.5 Å². The summed E-state index contributed by atoms with van der Waals surface area (Å²) >= 11 is 0. The van der Waals surface area contributed by atoms with Crippen molar-refractivity contribution in [2.24, 2.45) is 0 Å². The number of rotatable bonds is 3. The fourth-order valence-electron chi connectivity index (χ4n) is 4.04. The fourth-order valence-corrected chi connectivity index (χ4v) is 4.04. The molecule has 2 aliphatic heterocycles. The number of carbonyl (C=O) groups is 1. The lowest BCUT2D eigenvalue weighted by atomic mass is 10.0. The van der Waals surface area contributed by atoms with Gasteiger partial charge >= 0.3 is 0 Å². The van der Waals surface area contributed by atoms with Crippen LogP contribution in [-0.2, 0) is 4.74 Å². The molecule has 2 fully saturated rings. The smallest absolute Gasteiger partial charge is 0.277 e. The van der Waals surface area contributed by atoms with Crippen LogP contribution < -0.4 is 0 Å². The molecule has 1 atom stereocenters. The molecule has 1 N–H and O–H groups in total. The number of fused-ring (bicyclic) bond motifs is 1. The molecule has 4 heterocycles. The number of halogens is 1. The Morgan fingerprint density at radius 1 is 1.33 bits per heavy atom. The van der Waals surface area contributed by atoms with Crippen molar-refractivity contribution >= 4 is 11.6 Å². The number of aliphatic hydroxyl groups is 1. The van der Waals surface area contributed by atoms with E-state index in [1.54, 1.807) is 25.1 Å². The summed E-state index contributed by atoms with van der Waals surface area (Å²) in [6.07, 6.45) is 2.23. The molecule has 0 saturated carbocycles. The van der Waals surface area contributed by atoms with Crippen molar-refractivity contribution in [3.63, 3.8) is 0 Å². The number of β-amino-alcohol motifs (C(OH)–C–C–N with tert-alkyl or cyclic N) is 1. The van der Waals surface area contributed by atoms with Gasteiger partial charge in [0.25, 0.3) is 5.91 Å². The van der Waals surface area contributed by atoms with E-state index in [-0.39, 0.29) is 18.8 Å². The molecule has 1 amide bonds. The number of likely N-dealkylation sites (tertiary alicyclic amines) is 1. The van der Waals surface area contributed by atoms with Crippen molar-refractivity contribution in [1.29, 1.82) is 0 Å². The van der Waals surface area contributed by atoms with Crippen molar-refractivity contribution < 1.29 is 19.0 Å². The number of hydrogen-bond acceptors (Lipinski definition) is 5. The predicted octanol–water partition coefficient (Wildman–Crippen LogP) is 1.08. The second-order valence-electron chi connectivity index (χ2n) is 7.60. The second-order valence-corrected chi connectivity index (χ2v) is 7.60. The van der Waals surface area contributed by atoms with Crippen LogP contribution in [0.25, 0.3) is 5.65 Å². The molecule has 146 valence electrons. The van der Waals surface area contributed by atoms with Crippen molar-refractivity contribution in [2.75, 3.05) is 45.9 Å². The van der Waals surface area contributed by atoms with E-state index >= 15 is 0 Å². The van der Waals surface area contributed by atoms with Crippen LogP contribution in [0.5, 0.6) is 0 Å². The molecule has 27 heavy (non-hydrogen) atoms. The molecule has 2 saturated heterocycles. The number of nitrogens with zero attached hydrogens (tertiary/aromatic N) is 4. The molecular formula is C19H25FN4O3. The number of aromatic nitrogens is 2. The van der Waals surface area contributed by atoms with E-state index in [1.807, 2.05) is 0 Å². The van der Waals surface area contributed by atoms with Crippen LogP contribution in [0.3, 0.4) is 0 Å². The van der Waals surface area contributed by atoms with E-state index in [1.165, 1.54) is 9.30 Å². The molecule has 0 aliphatic carbocycles. The van der Waals surface area contributed by atoms with E-state index in [2.05, 4.69) is 9.88 Å². The zero-order valence-corrected chi connectivity index (χ0v) is 15.5. The Morgan fingerprint density at radius 3 is 2.85 bits per heavy atom. The van der Waals surface area contributed by atoms with Crippen molar-refractivity contribution in [2.45, 2.75) is 25.4 Å². The fraction of sp³-hybridized carbons (Fsp3) is 0.579. The van der Waals surface area contributed by atoms with Gasteiger partial charge in [-0.3, -0.25) is 9.20 Å². The molecule has 0 aromatic carbocycles. The van der Waals surface area contributed by atoms with Gasteiger partial charge in [-0.2, -0.15) is 4.39 Å². The largest absolute Gasteiger partial charge is 0.384 e. The first-order chi connectivity index (χ1) is 13.0. The molecular weight excluding hydrogens is 351 g/mol. The first-order valence-electron chi connectivity index (χ1n) is 9.42. The number of amides is 1. The lowest BCUT2D eigenvalue weighted by Crippen LogP contribution is -2.53. The topological polar surface area (TPSA) is 70.3 Å². The van der Waals surface area contributed by atoms with Gasteiger partial charge in [-0.05, 0) is 45.0 Å². The molecule has 0 unspecified atom stereocenters. The highest BCUT2D eigenvalue weighted by atomic mass is 19.1. The van der Waals surface area contributed by atoms with Crippen LogP contribution >= 0.6 is 0 Å². The van der Waals surface area contributed by atoms with Gasteiger partial charge in [-0.25, -0.2) is 4.98 Å². The molecule has 0 radical (unpaired) electrons. The summed E-state index contributed by atoms with van der Waals surface area (Å²) < 4.78 is 21.8. The Morgan fingerprint density at radius 2 is 2.11 bits per heavy atom. The maximum atomic E-state index is 14.9. The number of aryl methyl sites for hydroxylation is 1. The van der Waals surface area contributed by atoms with Gasteiger partial charge in [-0.1, -0.05) is 6.07 Å². The zero-order chi connectivity index (χ0) is 19.0. The Bertz CT molecular complexity index is 849. The number of carbonyl (C=O) groups excluding carboxylic acids is 1. The minimum atomic E-state index is -1.16. The van der Waals surface area contributed by atoms with Crippen LogP contribution in [0.4, 0.5) is 4.39 Å². The zero-order valence-electron chi connectivity index (χ0n) is 15.5. The molecule has 2 aliphatic rings. The quantitative estimate of drug-likeness (QED) is 0.868. The Labute approximate surface area is 157 Å². The maximum Gasteiger partial charge on any atom is 0.277 e. The summed E-state index contributed by atoms with van der Waals surface area (Å²) in [6, 6.07) is 5.21. The Kier molecular flexibility index (Phi) is 4.88.